The van der Waals surface area contributed by atoms with E-state index in [9.17, 15) is 14.7 Å². The number of nitrogens with zero attached hydrogens (tertiary/aromatic N) is 3. The zero-order valence-corrected chi connectivity index (χ0v) is 23.8. The Morgan fingerprint density at radius 1 is 1.07 bits per heavy atom. The average molecular weight is 561 g/mol. The van der Waals surface area contributed by atoms with Crippen molar-refractivity contribution in [3.63, 3.8) is 0 Å². The highest BCUT2D eigenvalue weighted by Gasteiger charge is 2.55. The molecular formula is C32H40N4O5. The van der Waals surface area contributed by atoms with Gasteiger partial charge in [0.2, 0.25) is 11.8 Å². The fraction of sp³-hybridized carbons (Fsp3) is 0.531. The van der Waals surface area contributed by atoms with Crippen molar-refractivity contribution >= 4 is 11.8 Å². The molecule has 5 rings (SSSR count). The second kappa shape index (κ2) is 13.0. The lowest BCUT2D eigenvalue weighted by molar-refractivity contribution is -0.166. The van der Waals surface area contributed by atoms with Crippen molar-refractivity contribution in [2.24, 2.45) is 5.92 Å². The third-order valence-corrected chi connectivity index (χ3v) is 8.82. The molecule has 3 fully saturated rings. The molecule has 2 amide bonds. The van der Waals surface area contributed by atoms with E-state index in [1.165, 1.54) is 0 Å². The van der Waals surface area contributed by atoms with Crippen LogP contribution in [0.15, 0.2) is 48.5 Å². The van der Waals surface area contributed by atoms with Crippen LogP contribution in [0.1, 0.15) is 56.6 Å². The summed E-state index contributed by atoms with van der Waals surface area (Å²) >= 11 is 0. The average Bonchev–Trinajstić information content (AvgIpc) is 3.01. The number of nitrogens with one attached hydrogen (secondary N) is 1. The highest BCUT2D eigenvalue weighted by Crippen LogP contribution is 2.36. The summed E-state index contributed by atoms with van der Waals surface area (Å²) in [5.74, 6) is 1.06. The number of hydrogen-bond donors (Lipinski definition) is 2. The zero-order valence-electron chi connectivity index (χ0n) is 23.8. The van der Waals surface area contributed by atoms with Crippen LogP contribution < -0.4 is 10.1 Å². The summed E-state index contributed by atoms with van der Waals surface area (Å²) < 4.78 is 11.3. The van der Waals surface area contributed by atoms with Gasteiger partial charge in [-0.05, 0) is 80.0 Å². The summed E-state index contributed by atoms with van der Waals surface area (Å²) in [5.41, 5.74) is 0.861. The number of rotatable bonds is 9. The van der Waals surface area contributed by atoms with Gasteiger partial charge >= 0.3 is 0 Å². The van der Waals surface area contributed by atoms with Crippen LogP contribution in [-0.4, -0.2) is 77.3 Å². The van der Waals surface area contributed by atoms with E-state index in [0.29, 0.717) is 69.8 Å². The number of nitriles is 1. The molecule has 218 valence electrons. The van der Waals surface area contributed by atoms with E-state index in [4.69, 9.17) is 14.7 Å². The van der Waals surface area contributed by atoms with Gasteiger partial charge in [-0.1, -0.05) is 25.5 Å². The zero-order chi connectivity index (χ0) is 28.8. The molecule has 0 saturated carbocycles. The Hall–Kier alpha value is -3.45. The number of piperidine rings is 1. The molecule has 9 nitrogen and oxygen atoms in total. The molecule has 0 aliphatic carbocycles. The molecule has 0 unspecified atom stereocenters. The lowest BCUT2D eigenvalue weighted by Crippen LogP contribution is -2.75. The summed E-state index contributed by atoms with van der Waals surface area (Å²) in [5, 5.41) is 23.0. The number of aliphatic hydroxyl groups excluding tert-OH is 1. The monoisotopic (exact) mass is 560 g/mol. The van der Waals surface area contributed by atoms with Crippen molar-refractivity contribution in [3.05, 3.63) is 59.7 Å². The number of carbonyl (C=O) groups is 2. The number of piperazine rings is 1. The van der Waals surface area contributed by atoms with Gasteiger partial charge in [-0.2, -0.15) is 5.26 Å². The first-order valence-electron chi connectivity index (χ1n) is 14.8. The quantitative estimate of drug-likeness (QED) is 0.482. The highest BCUT2D eigenvalue weighted by atomic mass is 16.5. The van der Waals surface area contributed by atoms with Crippen LogP contribution in [0.3, 0.4) is 0 Å². The summed E-state index contributed by atoms with van der Waals surface area (Å²) in [6.45, 7) is 5.88. The smallest absolute Gasteiger partial charge is 0.248 e. The minimum Gasteiger partial charge on any atom is -0.457 e. The number of benzene rings is 2. The molecule has 3 aliphatic rings. The summed E-state index contributed by atoms with van der Waals surface area (Å²) in [6.07, 6.45) is 3.35. The molecule has 2 aromatic rings. The molecule has 41 heavy (non-hydrogen) atoms. The van der Waals surface area contributed by atoms with Crippen LogP contribution in [0.5, 0.6) is 11.5 Å². The van der Waals surface area contributed by atoms with Crippen LogP contribution in [-0.2, 0) is 20.9 Å². The third-order valence-electron chi connectivity index (χ3n) is 8.82. The number of carbonyl (C=O) groups excluding carboxylic acids is 2. The maximum atomic E-state index is 13.8. The lowest BCUT2D eigenvalue weighted by atomic mass is 9.79. The van der Waals surface area contributed by atoms with Gasteiger partial charge in [-0.25, -0.2) is 0 Å². The number of aliphatic hydroxyl groups is 1. The first-order chi connectivity index (χ1) is 19.9. The maximum Gasteiger partial charge on any atom is 0.248 e. The number of amides is 2. The third kappa shape index (κ3) is 6.40. The largest absolute Gasteiger partial charge is 0.457 e. The van der Waals surface area contributed by atoms with Crippen LogP contribution in [0.2, 0.25) is 0 Å². The summed E-state index contributed by atoms with van der Waals surface area (Å²) in [7, 11) is 0. The van der Waals surface area contributed by atoms with Crippen molar-refractivity contribution < 1.29 is 24.2 Å². The van der Waals surface area contributed by atoms with E-state index in [2.05, 4.69) is 23.2 Å². The van der Waals surface area contributed by atoms with Gasteiger partial charge < -0.3 is 24.8 Å². The first kappa shape index (κ1) is 29.1. The molecule has 0 aromatic heterocycles. The summed E-state index contributed by atoms with van der Waals surface area (Å²) in [6, 6.07) is 16.2. The molecule has 1 spiro atoms. The van der Waals surface area contributed by atoms with E-state index in [1.54, 1.807) is 29.2 Å². The fourth-order valence-corrected chi connectivity index (χ4v) is 6.27. The van der Waals surface area contributed by atoms with Gasteiger partial charge in [0.05, 0.1) is 17.7 Å². The van der Waals surface area contributed by atoms with E-state index >= 15 is 0 Å². The number of hydrogen-bond acceptors (Lipinski definition) is 7. The van der Waals surface area contributed by atoms with E-state index in [1.807, 2.05) is 24.3 Å². The van der Waals surface area contributed by atoms with Gasteiger partial charge in [0, 0.05) is 39.4 Å². The second-order valence-corrected chi connectivity index (χ2v) is 11.4. The predicted molar refractivity (Wildman–Crippen MR) is 153 cm³/mol. The highest BCUT2D eigenvalue weighted by molar-refractivity contribution is 6.00. The Kier molecular flexibility index (Phi) is 9.23. The fourth-order valence-electron chi connectivity index (χ4n) is 6.27. The predicted octanol–water partition coefficient (Wildman–Crippen LogP) is 3.60. The van der Waals surface area contributed by atoms with Crippen LogP contribution in [0.25, 0.3) is 0 Å². The molecule has 2 aromatic carbocycles. The van der Waals surface area contributed by atoms with Crippen molar-refractivity contribution in [2.45, 2.75) is 69.7 Å². The number of ether oxygens (including phenoxy) is 2. The van der Waals surface area contributed by atoms with Crippen LogP contribution >= 0.6 is 0 Å². The summed E-state index contributed by atoms with van der Waals surface area (Å²) in [4.78, 5) is 31.6. The molecule has 3 saturated heterocycles. The van der Waals surface area contributed by atoms with Gasteiger partial charge in [0.1, 0.15) is 23.1 Å². The Morgan fingerprint density at radius 3 is 2.32 bits per heavy atom. The first-order valence-corrected chi connectivity index (χ1v) is 14.8. The van der Waals surface area contributed by atoms with Gasteiger partial charge in [-0.15, -0.1) is 0 Å². The van der Waals surface area contributed by atoms with Crippen molar-refractivity contribution in [1.29, 1.82) is 5.26 Å². The lowest BCUT2D eigenvalue weighted by Gasteiger charge is -2.52. The van der Waals surface area contributed by atoms with Gasteiger partial charge in [0.25, 0.3) is 0 Å². The van der Waals surface area contributed by atoms with Crippen molar-refractivity contribution in [1.82, 2.24) is 15.1 Å². The SMILES string of the molecule is CCCCN1C(=O)[C@@H]([C@H](O)C2CCOCC2)NC(=O)C12CCN(Cc1ccc(Oc3ccc(C#N)cc3)cc1)CC2. The minimum absolute atomic E-state index is 0.0529. The normalized spacial score (nSPS) is 22.3. The standard InChI is InChI=1S/C32H40N4O5/c1-2-3-16-36-30(38)28(29(37)25-12-19-40-20-13-25)34-31(39)32(36)14-17-35(18-15-32)22-24-6-10-27(11-7-24)41-26-8-4-23(21-33)5-9-26/h4-11,25,28-29,37H,2-3,12-20,22H2,1H3,(H,34,39)/t28-,29-/m1/s1. The van der Waals surface area contributed by atoms with E-state index in [-0.39, 0.29) is 17.7 Å². The van der Waals surface area contributed by atoms with Crippen molar-refractivity contribution in [3.8, 4) is 17.6 Å². The Labute approximate surface area is 242 Å². The van der Waals surface area contributed by atoms with E-state index < -0.39 is 17.7 Å². The molecule has 3 heterocycles. The maximum absolute atomic E-state index is 13.8. The van der Waals surface area contributed by atoms with Gasteiger partial charge in [-0.3, -0.25) is 14.5 Å². The Bertz CT molecular complexity index is 1230. The van der Waals surface area contributed by atoms with Crippen molar-refractivity contribution in [2.75, 3.05) is 32.8 Å². The molecule has 2 atom stereocenters. The molecule has 3 aliphatic heterocycles. The van der Waals surface area contributed by atoms with Crippen LogP contribution in [0.4, 0.5) is 0 Å². The molecule has 0 radical (unpaired) electrons. The van der Waals surface area contributed by atoms with Crippen LogP contribution in [0, 0.1) is 17.2 Å². The van der Waals surface area contributed by atoms with E-state index in [0.717, 1.165) is 30.7 Å². The van der Waals surface area contributed by atoms with Gasteiger partial charge in [0.15, 0.2) is 0 Å². The molecule has 9 heteroatoms. The molecule has 0 bridgehead atoms. The topological polar surface area (TPSA) is 115 Å². The Morgan fingerprint density at radius 2 is 1.71 bits per heavy atom. The minimum atomic E-state index is -0.902. The Balaban J connectivity index is 1.21. The number of likely N-dealkylation sites (tertiary alicyclic amines) is 1. The molecule has 2 N–H and O–H groups in total. The number of unbranched alkanes of at least 4 members (excludes halogenated alkanes) is 1. The molecular weight excluding hydrogens is 520 g/mol. The second-order valence-electron chi connectivity index (χ2n) is 11.4.